The van der Waals surface area contributed by atoms with Gasteiger partial charge < -0.3 is 31.1 Å². The number of urea groups is 1. The number of aromatic nitrogens is 2. The maximum absolute atomic E-state index is 14.6. The molecule has 7 atom stereocenters. The Morgan fingerprint density at radius 3 is 2.06 bits per heavy atom. The minimum absolute atomic E-state index is 0.0651. The summed E-state index contributed by atoms with van der Waals surface area (Å²) in [7, 11) is 3.13. The number of benzene rings is 2. The van der Waals surface area contributed by atoms with Crippen molar-refractivity contribution in [2.75, 3.05) is 32.5 Å². The summed E-state index contributed by atoms with van der Waals surface area (Å²) in [6, 6.07) is 14.1. The number of likely N-dealkylation sites (tertiary alicyclic amines) is 1. The Morgan fingerprint density at radius 2 is 1.46 bits per heavy atom. The predicted octanol–water partition coefficient (Wildman–Crippen LogP) is 5.91. The average molecular weight is 963 g/mol. The summed E-state index contributed by atoms with van der Waals surface area (Å²) in [4.78, 5) is 136. The van der Waals surface area contributed by atoms with Gasteiger partial charge in [0.15, 0.2) is 11.6 Å². The minimum Gasteiger partial charge on any atom is -0.351 e. The van der Waals surface area contributed by atoms with Gasteiger partial charge in [-0.25, -0.2) is 9.78 Å². The molecule has 1 aliphatic carbocycles. The van der Waals surface area contributed by atoms with Crippen molar-refractivity contribution in [3.8, 4) is 0 Å². The zero-order valence-corrected chi connectivity index (χ0v) is 41.6. The van der Waals surface area contributed by atoms with Gasteiger partial charge in [0, 0.05) is 82.3 Å². The lowest BCUT2D eigenvalue weighted by molar-refractivity contribution is -0.142. The van der Waals surface area contributed by atoms with Crippen LogP contribution in [0.1, 0.15) is 121 Å². The molecule has 4 N–H and O–H groups in total. The Morgan fingerprint density at radius 1 is 0.800 bits per heavy atom. The molecule has 2 aliphatic rings. The third kappa shape index (κ3) is 14.9. The highest BCUT2D eigenvalue weighted by Crippen LogP contribution is 2.34. The summed E-state index contributed by atoms with van der Waals surface area (Å²) in [5.74, 6) is -8.48. The van der Waals surface area contributed by atoms with Gasteiger partial charge in [-0.2, -0.15) is 0 Å². The highest BCUT2D eigenvalue weighted by Gasteiger charge is 2.45. The van der Waals surface area contributed by atoms with Gasteiger partial charge in [-0.3, -0.25) is 43.3 Å². The molecule has 5 rings (SSSR count). The maximum Gasteiger partial charge on any atom is 0.321 e. The minimum atomic E-state index is -1.04. The van der Waals surface area contributed by atoms with Crippen molar-refractivity contribution < 1.29 is 43.2 Å². The number of ketones is 4. The van der Waals surface area contributed by atoms with Gasteiger partial charge in [0.2, 0.25) is 23.5 Å². The van der Waals surface area contributed by atoms with E-state index in [1.807, 2.05) is 27.7 Å². The van der Waals surface area contributed by atoms with Crippen LogP contribution in [0.2, 0.25) is 0 Å². The molecule has 0 radical (unpaired) electrons. The quantitative estimate of drug-likeness (QED) is 0.0865. The Kier molecular flexibility index (Phi) is 19.6. The normalized spacial score (nSPS) is 18.2. The molecule has 3 aromatic rings. The second-order valence-corrected chi connectivity index (χ2v) is 20.1. The van der Waals surface area contributed by atoms with E-state index in [9.17, 15) is 43.2 Å². The number of likely N-dealkylation sites (N-methyl/N-ethyl adjacent to an activating group) is 1. The lowest BCUT2D eigenvalue weighted by atomic mass is 9.74. The summed E-state index contributed by atoms with van der Waals surface area (Å²) in [5.41, 5.74) is 0.360. The Labute approximate surface area is 411 Å². The number of carbonyl (C=O) groups excluding carboxylic acids is 9. The number of Topliss-reactive ketones (excluding diaryl/α,β-unsaturated/α-hetero) is 4. The largest absolute Gasteiger partial charge is 0.351 e. The molecule has 0 unspecified atom stereocenters. The van der Waals surface area contributed by atoms with Gasteiger partial charge >= 0.3 is 6.03 Å². The predicted molar refractivity (Wildman–Crippen MR) is 263 cm³/mol. The molecule has 1 aromatic heterocycles. The van der Waals surface area contributed by atoms with Crippen LogP contribution in [0.25, 0.3) is 0 Å². The molecule has 1 saturated carbocycles. The number of anilines is 1. The second kappa shape index (κ2) is 25.3. The van der Waals surface area contributed by atoms with Crippen molar-refractivity contribution in [3.63, 3.8) is 0 Å². The zero-order valence-electron chi connectivity index (χ0n) is 41.6. The monoisotopic (exact) mass is 963 g/mol. The van der Waals surface area contributed by atoms with Crippen molar-refractivity contribution >= 4 is 58.5 Å². The van der Waals surface area contributed by atoms with Crippen LogP contribution in [0, 0.1) is 35.0 Å². The molecular weight excluding hydrogens is 893 g/mol. The van der Waals surface area contributed by atoms with Crippen LogP contribution in [-0.2, 0) is 33.6 Å². The van der Waals surface area contributed by atoms with Crippen molar-refractivity contribution in [1.82, 2.24) is 35.7 Å². The summed E-state index contributed by atoms with van der Waals surface area (Å²) in [6.07, 6.45) is 8.06. The van der Waals surface area contributed by atoms with E-state index < -0.39 is 94.7 Å². The van der Waals surface area contributed by atoms with E-state index in [0.29, 0.717) is 17.7 Å². The Hall–Kier alpha value is -6.65. The molecule has 2 aromatic carbocycles. The lowest BCUT2D eigenvalue weighted by Gasteiger charge is -2.34. The fourth-order valence-corrected chi connectivity index (χ4v) is 9.37. The number of para-hydroxylation sites is 1. The van der Waals surface area contributed by atoms with Crippen LogP contribution in [0.4, 0.5) is 10.5 Å². The molecule has 2 fully saturated rings. The van der Waals surface area contributed by atoms with Crippen LogP contribution in [0.5, 0.6) is 0 Å². The molecule has 1 aliphatic heterocycles. The third-order valence-corrected chi connectivity index (χ3v) is 13.5. The Balaban J connectivity index is 1.33. The van der Waals surface area contributed by atoms with Gasteiger partial charge in [0.05, 0.1) is 24.2 Å². The molecule has 1 saturated heterocycles. The molecule has 6 amide bonds. The summed E-state index contributed by atoms with van der Waals surface area (Å²) in [5, 5.41) is 11.5. The SMILES string of the molecule is CCC[C@H](CC(=O)[C@@H]1CN(C(=O)Nc2ccccc2)C[C@@H]1NC(=O)[C@@H](CC(=O)[C@@H](NC(=O)c1cnccn1)C1CCCCC1)C(C)(C)C)C(=O)C(=O)C[C@@H](C)C(=O)N[C@H](C(=O)N(C)C)c1ccccc1. The van der Waals surface area contributed by atoms with Crippen LogP contribution in [0.15, 0.2) is 79.3 Å². The molecule has 17 nitrogen and oxygen atoms in total. The molecule has 2 heterocycles. The molecule has 0 bridgehead atoms. The lowest BCUT2D eigenvalue weighted by Crippen LogP contribution is -2.51. The molecule has 376 valence electrons. The fourth-order valence-electron chi connectivity index (χ4n) is 9.37. The first-order valence-corrected chi connectivity index (χ1v) is 24.5. The van der Waals surface area contributed by atoms with E-state index in [4.69, 9.17) is 0 Å². The van der Waals surface area contributed by atoms with Crippen molar-refractivity contribution in [3.05, 3.63) is 90.5 Å². The van der Waals surface area contributed by atoms with Crippen LogP contribution in [-0.4, -0.2) is 112 Å². The zero-order chi connectivity index (χ0) is 51.1. The van der Waals surface area contributed by atoms with E-state index >= 15 is 0 Å². The van der Waals surface area contributed by atoms with E-state index in [-0.39, 0.29) is 55.7 Å². The van der Waals surface area contributed by atoms with Gasteiger partial charge in [-0.1, -0.05) is 109 Å². The number of hydrogen-bond donors (Lipinski definition) is 4. The summed E-state index contributed by atoms with van der Waals surface area (Å²) in [6.45, 7) is 8.65. The van der Waals surface area contributed by atoms with E-state index in [1.165, 1.54) is 35.3 Å². The fraction of sp³-hybridized carbons (Fsp3) is 0.528. The first kappa shape index (κ1) is 54.3. The molecular formula is C53H70N8O9. The molecule has 0 spiro atoms. The second-order valence-electron chi connectivity index (χ2n) is 20.1. The van der Waals surface area contributed by atoms with E-state index in [2.05, 4.69) is 31.2 Å². The summed E-state index contributed by atoms with van der Waals surface area (Å²) < 4.78 is 0. The number of nitrogens with one attached hydrogen (secondary N) is 4. The molecule has 70 heavy (non-hydrogen) atoms. The highest BCUT2D eigenvalue weighted by atomic mass is 16.2. The van der Waals surface area contributed by atoms with Crippen LogP contribution < -0.4 is 21.3 Å². The smallest absolute Gasteiger partial charge is 0.321 e. The standard InChI is InChI=1S/C53H70N8O9/c1-8-18-36(47(65)44(64)27-33(2)48(66)59-46(51(69)60(6)7)35-21-14-10-15-22-35)28-42(62)38-31-61(52(70)56-37-23-16-11-17-24-37)32-41(38)57-49(67)39(53(3,4)5)29-43(63)45(34-19-12-9-13-20-34)58-50(68)40-30-54-25-26-55-40/h10-11,14-17,21-26,30,33-34,36,38-39,41,45-46H,8-9,12-13,18-20,27-29,31-32H2,1-7H3,(H,56,70)(H,57,67)(H,58,68)(H,59,66)/t33-,36-,38-,39-,41+,45+,46+/m1/s1. The topological polar surface area (TPSA) is 234 Å². The van der Waals surface area contributed by atoms with E-state index in [0.717, 1.165) is 32.1 Å². The molecule has 17 heteroatoms. The highest BCUT2D eigenvalue weighted by molar-refractivity contribution is 6.38. The van der Waals surface area contributed by atoms with Crippen molar-refractivity contribution in [1.29, 1.82) is 0 Å². The number of hydrogen-bond acceptors (Lipinski definition) is 11. The number of carbonyl (C=O) groups is 9. The Bertz CT molecular complexity index is 2320. The van der Waals surface area contributed by atoms with Crippen LogP contribution >= 0.6 is 0 Å². The van der Waals surface area contributed by atoms with Crippen molar-refractivity contribution in [2.45, 2.75) is 117 Å². The number of amides is 6. The number of rotatable bonds is 22. The third-order valence-electron chi connectivity index (χ3n) is 13.5. The van der Waals surface area contributed by atoms with Crippen LogP contribution in [0.3, 0.4) is 0 Å². The van der Waals surface area contributed by atoms with Gasteiger partial charge in [-0.05, 0) is 48.3 Å². The van der Waals surface area contributed by atoms with E-state index in [1.54, 1.807) is 74.8 Å². The maximum atomic E-state index is 14.6. The number of nitrogens with zero attached hydrogens (tertiary/aromatic N) is 4. The first-order valence-electron chi connectivity index (χ1n) is 24.5. The van der Waals surface area contributed by atoms with Gasteiger partial charge in [0.25, 0.3) is 5.91 Å². The van der Waals surface area contributed by atoms with Crippen molar-refractivity contribution in [2.24, 2.45) is 35.0 Å². The van der Waals surface area contributed by atoms with Gasteiger partial charge in [0.1, 0.15) is 17.5 Å². The average Bonchev–Trinajstić information content (AvgIpc) is 3.77. The van der Waals surface area contributed by atoms with Gasteiger partial charge in [-0.15, -0.1) is 0 Å². The first-order chi connectivity index (χ1) is 33.3. The summed E-state index contributed by atoms with van der Waals surface area (Å²) >= 11 is 0.